The zero-order chi connectivity index (χ0) is 22.6. The van der Waals surface area contributed by atoms with E-state index in [9.17, 15) is 18.0 Å². The van der Waals surface area contributed by atoms with Crippen LogP contribution in [0.5, 0.6) is 0 Å². The van der Waals surface area contributed by atoms with Gasteiger partial charge < -0.3 is 16.0 Å². The lowest BCUT2D eigenvalue weighted by atomic mass is 10.1. The van der Waals surface area contributed by atoms with Crippen molar-refractivity contribution in [1.82, 2.24) is 10.6 Å². The van der Waals surface area contributed by atoms with Crippen molar-refractivity contribution >= 4 is 33.3 Å². The molecule has 8 nitrogen and oxygen atoms in total. The molecule has 1 aliphatic heterocycles. The Morgan fingerprint density at radius 3 is 2.55 bits per heavy atom. The lowest BCUT2D eigenvalue weighted by molar-refractivity contribution is 0.0919. The summed E-state index contributed by atoms with van der Waals surface area (Å²) >= 11 is 0. The van der Waals surface area contributed by atoms with Gasteiger partial charge in [-0.25, -0.2) is 13.2 Å². The molecule has 1 heterocycles. The van der Waals surface area contributed by atoms with Crippen LogP contribution in [0.1, 0.15) is 36.7 Å². The predicted molar refractivity (Wildman–Crippen MR) is 122 cm³/mol. The molecule has 0 unspecified atom stereocenters. The van der Waals surface area contributed by atoms with E-state index in [1.807, 2.05) is 39.0 Å². The first-order chi connectivity index (χ1) is 14.5. The zero-order valence-corrected chi connectivity index (χ0v) is 18.8. The van der Waals surface area contributed by atoms with Crippen molar-refractivity contribution in [3.8, 4) is 0 Å². The number of nitrogens with one attached hydrogen (secondary N) is 3. The molecule has 0 radical (unpaired) electrons. The number of sulfonamides is 1. The Bertz CT molecular complexity index is 1080. The van der Waals surface area contributed by atoms with E-state index in [1.165, 1.54) is 4.31 Å². The van der Waals surface area contributed by atoms with Crippen LogP contribution >= 0.6 is 0 Å². The number of urea groups is 1. The Labute approximate surface area is 183 Å². The van der Waals surface area contributed by atoms with Gasteiger partial charge in [-0.2, -0.15) is 0 Å². The van der Waals surface area contributed by atoms with Crippen LogP contribution in [0.2, 0.25) is 0 Å². The molecule has 2 aromatic carbocycles. The minimum Gasteiger partial charge on any atom is -0.347 e. The summed E-state index contributed by atoms with van der Waals surface area (Å²) in [5.74, 6) is -0.448. The molecule has 166 valence electrons. The number of para-hydroxylation sites is 1. The number of nitrogens with zero attached hydrogens (tertiary/aromatic N) is 1. The Hall–Kier alpha value is -3.07. The molecule has 31 heavy (non-hydrogen) atoms. The van der Waals surface area contributed by atoms with Crippen molar-refractivity contribution in [2.45, 2.75) is 32.7 Å². The van der Waals surface area contributed by atoms with Crippen LogP contribution in [0.25, 0.3) is 0 Å². The molecule has 0 saturated heterocycles. The van der Waals surface area contributed by atoms with Crippen LogP contribution in [0, 0.1) is 0 Å². The number of hydrogen-bond acceptors (Lipinski definition) is 4. The van der Waals surface area contributed by atoms with E-state index in [2.05, 4.69) is 16.0 Å². The lowest BCUT2D eigenvalue weighted by Gasteiger charge is -2.20. The van der Waals surface area contributed by atoms with E-state index < -0.39 is 16.1 Å². The quantitative estimate of drug-likeness (QED) is 0.637. The minimum atomic E-state index is -3.54. The molecule has 2 aromatic rings. The van der Waals surface area contributed by atoms with Gasteiger partial charge in [0.25, 0.3) is 5.91 Å². The second-order valence-electron chi connectivity index (χ2n) is 8.43. The van der Waals surface area contributed by atoms with Gasteiger partial charge in [0.15, 0.2) is 0 Å². The minimum absolute atomic E-state index is 0.0307. The standard InChI is InChI=1S/C22H28N4O4S/c1-22(2,3)25-20(27)17-8-6-9-18(15-17)24-21(28)23-12-14-31(29,30)26-13-11-16-7-4-5-10-19(16)26/h4-10,15H,11-14H2,1-3H3,(H,25,27)(H2,23,24,28). The molecule has 9 heteroatoms. The molecule has 0 fully saturated rings. The molecule has 0 aliphatic carbocycles. The fourth-order valence-corrected chi connectivity index (χ4v) is 4.75. The van der Waals surface area contributed by atoms with Gasteiger partial charge in [-0.1, -0.05) is 24.3 Å². The van der Waals surface area contributed by atoms with E-state index in [0.717, 1.165) is 5.56 Å². The van der Waals surface area contributed by atoms with Crippen molar-refractivity contribution in [3.05, 3.63) is 59.7 Å². The van der Waals surface area contributed by atoms with Crippen LogP contribution in [0.3, 0.4) is 0 Å². The first-order valence-electron chi connectivity index (χ1n) is 10.1. The summed E-state index contributed by atoms with van der Waals surface area (Å²) in [4.78, 5) is 24.5. The van der Waals surface area contributed by atoms with Gasteiger partial charge in [0.2, 0.25) is 10.0 Å². The Morgan fingerprint density at radius 1 is 1.06 bits per heavy atom. The highest BCUT2D eigenvalue weighted by Crippen LogP contribution is 2.29. The zero-order valence-electron chi connectivity index (χ0n) is 17.9. The van der Waals surface area contributed by atoms with Crippen LogP contribution in [0.4, 0.5) is 16.2 Å². The van der Waals surface area contributed by atoms with Gasteiger partial charge >= 0.3 is 6.03 Å². The number of anilines is 2. The van der Waals surface area contributed by atoms with Crippen molar-refractivity contribution in [2.75, 3.05) is 28.5 Å². The number of benzene rings is 2. The van der Waals surface area contributed by atoms with E-state index >= 15 is 0 Å². The number of rotatable bonds is 6. The van der Waals surface area contributed by atoms with Gasteiger partial charge in [-0.3, -0.25) is 9.10 Å². The van der Waals surface area contributed by atoms with Crippen LogP contribution in [0.15, 0.2) is 48.5 Å². The van der Waals surface area contributed by atoms with E-state index in [4.69, 9.17) is 0 Å². The molecule has 3 amide bonds. The van der Waals surface area contributed by atoms with E-state index in [1.54, 1.807) is 30.3 Å². The van der Waals surface area contributed by atoms with E-state index in [0.29, 0.717) is 29.9 Å². The van der Waals surface area contributed by atoms with Crippen molar-refractivity contribution in [2.24, 2.45) is 0 Å². The van der Waals surface area contributed by atoms with Crippen LogP contribution < -0.4 is 20.3 Å². The number of amides is 3. The van der Waals surface area contributed by atoms with Gasteiger partial charge in [-0.05, 0) is 57.0 Å². The molecule has 0 spiro atoms. The summed E-state index contributed by atoms with van der Waals surface area (Å²) in [6, 6.07) is 13.4. The SMILES string of the molecule is CC(C)(C)NC(=O)c1cccc(NC(=O)NCCS(=O)(=O)N2CCc3ccccc32)c1. The number of fused-ring (bicyclic) bond motifs is 1. The third-order valence-electron chi connectivity index (χ3n) is 4.70. The van der Waals surface area contributed by atoms with Crippen LogP contribution in [-0.4, -0.2) is 44.7 Å². The monoisotopic (exact) mass is 444 g/mol. The number of carbonyl (C=O) groups excluding carboxylic acids is 2. The first kappa shape index (κ1) is 22.6. The van der Waals surface area contributed by atoms with Gasteiger partial charge in [0, 0.05) is 29.9 Å². The summed E-state index contributed by atoms with van der Waals surface area (Å²) in [6.07, 6.45) is 0.683. The lowest BCUT2D eigenvalue weighted by Crippen LogP contribution is -2.40. The van der Waals surface area contributed by atoms with Gasteiger partial charge in [0.1, 0.15) is 0 Å². The topological polar surface area (TPSA) is 108 Å². The molecular formula is C22H28N4O4S. The smallest absolute Gasteiger partial charge is 0.319 e. The maximum Gasteiger partial charge on any atom is 0.319 e. The fraction of sp³-hybridized carbons (Fsp3) is 0.364. The molecule has 0 saturated carbocycles. The van der Waals surface area contributed by atoms with Crippen molar-refractivity contribution in [1.29, 1.82) is 0 Å². The maximum atomic E-state index is 12.7. The second kappa shape index (κ2) is 8.97. The Kier molecular flexibility index (Phi) is 6.54. The molecule has 1 aliphatic rings. The average molecular weight is 445 g/mol. The number of hydrogen-bond donors (Lipinski definition) is 3. The number of carbonyl (C=O) groups is 2. The highest BCUT2D eigenvalue weighted by Gasteiger charge is 2.28. The fourth-order valence-electron chi connectivity index (χ4n) is 3.33. The maximum absolute atomic E-state index is 12.7. The predicted octanol–water partition coefficient (Wildman–Crippen LogP) is 2.73. The second-order valence-corrected chi connectivity index (χ2v) is 10.4. The molecular weight excluding hydrogens is 416 g/mol. The third-order valence-corrected chi connectivity index (χ3v) is 6.47. The highest BCUT2D eigenvalue weighted by atomic mass is 32.2. The first-order valence-corrected chi connectivity index (χ1v) is 11.7. The molecule has 0 aromatic heterocycles. The largest absolute Gasteiger partial charge is 0.347 e. The van der Waals surface area contributed by atoms with Gasteiger partial charge in [-0.15, -0.1) is 0 Å². The van der Waals surface area contributed by atoms with Crippen molar-refractivity contribution in [3.63, 3.8) is 0 Å². The normalized spacial score (nSPS) is 13.5. The summed E-state index contributed by atoms with van der Waals surface area (Å²) in [5.41, 5.74) is 2.20. The van der Waals surface area contributed by atoms with Gasteiger partial charge in [0.05, 0.1) is 11.4 Å². The third kappa shape index (κ3) is 5.97. The molecule has 3 N–H and O–H groups in total. The van der Waals surface area contributed by atoms with Crippen molar-refractivity contribution < 1.29 is 18.0 Å². The van der Waals surface area contributed by atoms with Crippen LogP contribution in [-0.2, 0) is 16.4 Å². The molecule has 0 atom stereocenters. The summed E-state index contributed by atoms with van der Waals surface area (Å²) in [6.45, 7) is 6.04. The molecule has 3 rings (SSSR count). The van der Waals surface area contributed by atoms with E-state index in [-0.39, 0.29) is 23.7 Å². The Morgan fingerprint density at radius 2 is 1.81 bits per heavy atom. The highest BCUT2D eigenvalue weighted by molar-refractivity contribution is 7.92. The Balaban J connectivity index is 1.53. The summed E-state index contributed by atoms with van der Waals surface area (Å²) in [7, 11) is -3.54. The molecule has 0 bridgehead atoms. The summed E-state index contributed by atoms with van der Waals surface area (Å²) < 4.78 is 26.8. The average Bonchev–Trinajstić information content (AvgIpc) is 3.12. The summed E-state index contributed by atoms with van der Waals surface area (Å²) in [5, 5.41) is 8.06.